The third-order valence-electron chi connectivity index (χ3n) is 8.77. The van der Waals surface area contributed by atoms with Crippen LogP contribution in [0.25, 0.3) is 0 Å². The maximum absolute atomic E-state index is 12.3. The fourth-order valence-electron chi connectivity index (χ4n) is 5.82. The van der Waals surface area contributed by atoms with Crippen molar-refractivity contribution in [2.75, 3.05) is 6.61 Å². The van der Waals surface area contributed by atoms with E-state index < -0.39 is 12.1 Å². The lowest BCUT2D eigenvalue weighted by atomic mass is 10.0. The molecular weight excluding hydrogens is 518 g/mol. The Labute approximate surface area is 263 Å². The molecule has 4 heteroatoms. The second kappa shape index (κ2) is 34.6. The van der Waals surface area contributed by atoms with Crippen LogP contribution in [0.1, 0.15) is 206 Å². The molecule has 0 aliphatic heterocycles. The number of allylic oxidation sites excluding steroid dienone is 1. The molecule has 0 bridgehead atoms. The normalized spacial score (nSPS) is 13.1. The lowest BCUT2D eigenvalue weighted by Gasteiger charge is -2.20. The number of carbonyl (C=O) groups excluding carboxylic acids is 1. The molecule has 0 radical (unpaired) electrons. The van der Waals surface area contributed by atoms with Crippen molar-refractivity contribution in [2.45, 2.75) is 219 Å². The number of nitrogens with one attached hydrogen (secondary N) is 1. The predicted octanol–water partition coefficient (Wildman–Crippen LogP) is 11.1. The van der Waals surface area contributed by atoms with Crippen molar-refractivity contribution in [3.8, 4) is 0 Å². The van der Waals surface area contributed by atoms with Gasteiger partial charge in [0.05, 0.1) is 18.8 Å². The summed E-state index contributed by atoms with van der Waals surface area (Å²) >= 11 is 0. The van der Waals surface area contributed by atoms with Gasteiger partial charge in [0, 0.05) is 6.42 Å². The first-order valence-electron chi connectivity index (χ1n) is 18.9. The van der Waals surface area contributed by atoms with E-state index in [9.17, 15) is 15.0 Å². The van der Waals surface area contributed by atoms with E-state index in [1.165, 1.54) is 161 Å². The lowest BCUT2D eigenvalue weighted by molar-refractivity contribution is -0.123. The Morgan fingerprint density at radius 2 is 0.881 bits per heavy atom. The van der Waals surface area contributed by atoms with Gasteiger partial charge in [0.15, 0.2) is 0 Å². The standard InChI is InChI=1S/C38H75NO3/c1-3-5-7-9-11-13-15-16-17-18-19-20-21-22-24-26-28-30-32-34-38(42)39-36(35-40)37(41)33-31-29-27-25-23-14-12-10-8-6-4-2/h31,33,36-37,40-41H,3-30,32,34-35H2,1-2H3,(H,39,42)/b33-31+. The Morgan fingerprint density at radius 1 is 0.548 bits per heavy atom. The smallest absolute Gasteiger partial charge is 0.220 e. The molecule has 0 spiro atoms. The third-order valence-corrected chi connectivity index (χ3v) is 8.77. The summed E-state index contributed by atoms with van der Waals surface area (Å²) in [6, 6.07) is -0.614. The van der Waals surface area contributed by atoms with Crippen molar-refractivity contribution in [2.24, 2.45) is 0 Å². The van der Waals surface area contributed by atoms with Crippen molar-refractivity contribution in [3.05, 3.63) is 12.2 Å². The second-order valence-electron chi connectivity index (χ2n) is 13.0. The number of rotatable bonds is 34. The van der Waals surface area contributed by atoms with Crippen LogP contribution in [0.2, 0.25) is 0 Å². The molecule has 250 valence electrons. The first-order valence-corrected chi connectivity index (χ1v) is 18.9. The average Bonchev–Trinajstić information content (AvgIpc) is 2.99. The molecule has 42 heavy (non-hydrogen) atoms. The minimum absolute atomic E-state index is 0.0626. The SMILES string of the molecule is CCCCCCCCCCC/C=C/C(O)C(CO)NC(=O)CCCCCCCCCCCCCCCCCCCCC. The van der Waals surface area contributed by atoms with Gasteiger partial charge in [0.25, 0.3) is 0 Å². The van der Waals surface area contributed by atoms with E-state index >= 15 is 0 Å². The number of hydrogen-bond acceptors (Lipinski definition) is 3. The molecule has 0 rings (SSSR count). The van der Waals surface area contributed by atoms with Crippen molar-refractivity contribution >= 4 is 5.91 Å². The van der Waals surface area contributed by atoms with Gasteiger partial charge in [0.2, 0.25) is 5.91 Å². The van der Waals surface area contributed by atoms with Crippen LogP contribution in [0.15, 0.2) is 12.2 Å². The Bertz CT molecular complexity index is 565. The van der Waals surface area contributed by atoms with Crippen LogP contribution < -0.4 is 5.32 Å². The molecule has 4 nitrogen and oxygen atoms in total. The molecule has 0 saturated heterocycles. The van der Waals surface area contributed by atoms with Gasteiger partial charge in [-0.3, -0.25) is 4.79 Å². The summed E-state index contributed by atoms with van der Waals surface area (Å²) in [6.07, 6.45) is 41.6. The summed E-state index contributed by atoms with van der Waals surface area (Å²) < 4.78 is 0. The first kappa shape index (κ1) is 41.1. The fraction of sp³-hybridized carbons (Fsp3) is 0.921. The number of hydrogen-bond donors (Lipinski definition) is 3. The third kappa shape index (κ3) is 30.6. The molecule has 0 fully saturated rings. The highest BCUT2D eigenvalue weighted by Gasteiger charge is 2.17. The Kier molecular flexibility index (Phi) is 33.9. The summed E-state index contributed by atoms with van der Waals surface area (Å²) in [5, 5.41) is 22.8. The largest absolute Gasteiger partial charge is 0.394 e. The summed E-state index contributed by atoms with van der Waals surface area (Å²) in [6.45, 7) is 4.30. The molecule has 0 aromatic carbocycles. The summed E-state index contributed by atoms with van der Waals surface area (Å²) in [5.41, 5.74) is 0. The van der Waals surface area contributed by atoms with E-state index in [1.807, 2.05) is 6.08 Å². The van der Waals surface area contributed by atoms with Crippen LogP contribution in [-0.4, -0.2) is 34.9 Å². The van der Waals surface area contributed by atoms with Gasteiger partial charge in [-0.2, -0.15) is 0 Å². The van der Waals surface area contributed by atoms with Crippen molar-refractivity contribution < 1.29 is 15.0 Å². The number of aliphatic hydroxyl groups is 2. The first-order chi connectivity index (χ1) is 20.7. The van der Waals surface area contributed by atoms with Crippen LogP contribution in [-0.2, 0) is 4.79 Å². The minimum atomic E-state index is -0.831. The molecule has 0 aromatic rings. The fourth-order valence-corrected chi connectivity index (χ4v) is 5.82. The molecular formula is C38H75NO3. The van der Waals surface area contributed by atoms with Crippen LogP contribution in [0, 0.1) is 0 Å². The topological polar surface area (TPSA) is 69.6 Å². The molecule has 3 N–H and O–H groups in total. The maximum Gasteiger partial charge on any atom is 0.220 e. The Balaban J connectivity index is 3.54. The Morgan fingerprint density at radius 3 is 1.24 bits per heavy atom. The number of carbonyl (C=O) groups is 1. The maximum atomic E-state index is 12.3. The zero-order chi connectivity index (χ0) is 30.8. The van der Waals surface area contributed by atoms with E-state index in [0.717, 1.165) is 25.7 Å². The van der Waals surface area contributed by atoms with Crippen molar-refractivity contribution in [3.63, 3.8) is 0 Å². The number of unbranched alkanes of at least 4 members (excludes halogenated alkanes) is 27. The lowest BCUT2D eigenvalue weighted by Crippen LogP contribution is -2.45. The highest BCUT2D eigenvalue weighted by Crippen LogP contribution is 2.15. The minimum Gasteiger partial charge on any atom is -0.394 e. The van der Waals surface area contributed by atoms with Gasteiger partial charge in [-0.15, -0.1) is 0 Å². The van der Waals surface area contributed by atoms with Gasteiger partial charge in [0.1, 0.15) is 0 Å². The summed E-state index contributed by atoms with van der Waals surface area (Å²) in [7, 11) is 0. The van der Waals surface area contributed by atoms with E-state index in [-0.39, 0.29) is 12.5 Å². The molecule has 2 unspecified atom stereocenters. The number of amides is 1. The molecule has 0 heterocycles. The predicted molar refractivity (Wildman–Crippen MR) is 184 cm³/mol. The van der Waals surface area contributed by atoms with Gasteiger partial charge in [-0.25, -0.2) is 0 Å². The van der Waals surface area contributed by atoms with Gasteiger partial charge >= 0.3 is 0 Å². The zero-order valence-corrected chi connectivity index (χ0v) is 28.5. The van der Waals surface area contributed by atoms with Gasteiger partial charge in [-0.05, 0) is 19.3 Å². The van der Waals surface area contributed by atoms with Crippen LogP contribution in [0.3, 0.4) is 0 Å². The molecule has 0 aliphatic carbocycles. The average molecular weight is 594 g/mol. The van der Waals surface area contributed by atoms with E-state index in [1.54, 1.807) is 6.08 Å². The monoisotopic (exact) mass is 594 g/mol. The van der Waals surface area contributed by atoms with Crippen LogP contribution in [0.5, 0.6) is 0 Å². The van der Waals surface area contributed by atoms with Gasteiger partial charge < -0.3 is 15.5 Å². The van der Waals surface area contributed by atoms with Crippen molar-refractivity contribution in [1.82, 2.24) is 5.32 Å². The Hall–Kier alpha value is -0.870. The van der Waals surface area contributed by atoms with E-state index in [0.29, 0.717) is 6.42 Å². The van der Waals surface area contributed by atoms with E-state index in [4.69, 9.17) is 0 Å². The molecule has 2 atom stereocenters. The number of aliphatic hydroxyl groups excluding tert-OH is 2. The van der Waals surface area contributed by atoms with E-state index in [2.05, 4.69) is 19.2 Å². The van der Waals surface area contributed by atoms with Crippen LogP contribution >= 0.6 is 0 Å². The summed E-state index contributed by atoms with van der Waals surface area (Å²) in [4.78, 5) is 12.3. The highest BCUT2D eigenvalue weighted by atomic mass is 16.3. The van der Waals surface area contributed by atoms with Crippen LogP contribution in [0.4, 0.5) is 0 Å². The van der Waals surface area contributed by atoms with Gasteiger partial charge in [-0.1, -0.05) is 193 Å². The molecule has 1 amide bonds. The van der Waals surface area contributed by atoms with Crippen molar-refractivity contribution in [1.29, 1.82) is 0 Å². The quantitative estimate of drug-likeness (QED) is 0.0513. The molecule has 0 aromatic heterocycles. The zero-order valence-electron chi connectivity index (χ0n) is 28.5. The summed E-state index contributed by atoms with van der Waals surface area (Å²) in [5.74, 6) is -0.0626. The molecule has 0 aliphatic rings. The highest BCUT2D eigenvalue weighted by molar-refractivity contribution is 5.76. The second-order valence-corrected chi connectivity index (χ2v) is 13.0. The molecule has 0 saturated carbocycles.